The third kappa shape index (κ3) is 6.14. The van der Waals surface area contributed by atoms with Crippen molar-refractivity contribution >= 4 is 23.3 Å². The molecule has 1 saturated heterocycles. The van der Waals surface area contributed by atoms with Gasteiger partial charge in [0.1, 0.15) is 17.1 Å². The number of benzene rings is 3. The molecule has 3 aromatic carbocycles. The van der Waals surface area contributed by atoms with E-state index >= 15 is 0 Å². The zero-order valence-corrected chi connectivity index (χ0v) is 19.3. The summed E-state index contributed by atoms with van der Waals surface area (Å²) in [4.78, 5) is 29.7. The molecule has 0 radical (unpaired) electrons. The summed E-state index contributed by atoms with van der Waals surface area (Å²) < 4.78 is 11.0. The molecule has 1 heterocycles. The number of hydrogen-bond donors (Lipinski definition) is 1. The molecule has 1 fully saturated rings. The summed E-state index contributed by atoms with van der Waals surface area (Å²) in [6, 6.07) is 23.7. The molecule has 0 aliphatic carbocycles. The predicted molar refractivity (Wildman–Crippen MR) is 133 cm³/mol. The van der Waals surface area contributed by atoms with E-state index in [1.807, 2.05) is 42.5 Å². The van der Waals surface area contributed by atoms with Crippen molar-refractivity contribution in [1.82, 2.24) is 4.90 Å². The number of hydrogen-bond acceptors (Lipinski definition) is 6. The van der Waals surface area contributed by atoms with Crippen molar-refractivity contribution in [3.05, 3.63) is 84.4 Å². The van der Waals surface area contributed by atoms with Crippen LogP contribution in [0.1, 0.15) is 17.3 Å². The van der Waals surface area contributed by atoms with Crippen LogP contribution in [0.4, 0.5) is 11.4 Å². The van der Waals surface area contributed by atoms with Crippen LogP contribution in [0.2, 0.25) is 0 Å². The number of carbonyl (C=O) groups excluding carboxylic acids is 2. The monoisotopic (exact) mass is 459 g/mol. The van der Waals surface area contributed by atoms with E-state index in [1.165, 1.54) is 0 Å². The second-order valence-electron chi connectivity index (χ2n) is 8.00. The smallest absolute Gasteiger partial charge is 0.342 e. The van der Waals surface area contributed by atoms with E-state index < -0.39 is 11.9 Å². The Morgan fingerprint density at radius 1 is 0.853 bits per heavy atom. The third-order valence-electron chi connectivity index (χ3n) is 5.75. The largest absolute Gasteiger partial charge is 0.456 e. The Hall–Kier alpha value is -3.84. The summed E-state index contributed by atoms with van der Waals surface area (Å²) in [6.07, 6.45) is 0. The first-order valence-corrected chi connectivity index (χ1v) is 11.5. The lowest BCUT2D eigenvalue weighted by Gasteiger charge is -2.35. The molecule has 4 rings (SSSR count). The second kappa shape index (κ2) is 11.3. The van der Waals surface area contributed by atoms with Crippen molar-refractivity contribution < 1.29 is 19.1 Å². The predicted octanol–water partition coefficient (Wildman–Crippen LogP) is 4.42. The highest BCUT2D eigenvalue weighted by molar-refractivity contribution is 5.96. The molecule has 0 spiro atoms. The Morgan fingerprint density at radius 3 is 2.24 bits per heavy atom. The molecule has 7 nitrogen and oxygen atoms in total. The van der Waals surface area contributed by atoms with Gasteiger partial charge in [0.2, 0.25) is 0 Å². The van der Waals surface area contributed by atoms with Crippen LogP contribution in [0.5, 0.6) is 11.5 Å². The van der Waals surface area contributed by atoms with Gasteiger partial charge in [0.15, 0.2) is 6.61 Å². The van der Waals surface area contributed by atoms with Gasteiger partial charge in [-0.05, 0) is 55.1 Å². The molecular formula is C27H29N3O4. The Morgan fingerprint density at radius 2 is 1.53 bits per heavy atom. The highest BCUT2D eigenvalue weighted by Gasteiger charge is 2.17. The lowest BCUT2D eigenvalue weighted by molar-refractivity contribution is -0.119. The van der Waals surface area contributed by atoms with Gasteiger partial charge in [0.05, 0.1) is 0 Å². The number of carbonyl (C=O) groups is 2. The highest BCUT2D eigenvalue weighted by Crippen LogP contribution is 2.25. The van der Waals surface area contributed by atoms with Gasteiger partial charge in [-0.15, -0.1) is 0 Å². The molecule has 1 N–H and O–H groups in total. The first kappa shape index (κ1) is 23.3. The minimum Gasteiger partial charge on any atom is -0.456 e. The van der Waals surface area contributed by atoms with E-state index in [0.29, 0.717) is 17.2 Å². The lowest BCUT2D eigenvalue weighted by Crippen LogP contribution is -2.46. The molecule has 0 aromatic heterocycles. The maximum absolute atomic E-state index is 12.6. The fraction of sp³-hybridized carbons (Fsp3) is 0.259. The van der Waals surface area contributed by atoms with Crippen molar-refractivity contribution in [2.75, 3.05) is 49.5 Å². The van der Waals surface area contributed by atoms with Crippen LogP contribution in [-0.4, -0.2) is 56.1 Å². The first-order valence-electron chi connectivity index (χ1n) is 11.5. The molecule has 0 atom stereocenters. The number of ether oxygens (including phenoxy) is 2. The van der Waals surface area contributed by atoms with E-state index in [1.54, 1.807) is 36.4 Å². The highest BCUT2D eigenvalue weighted by atomic mass is 16.5. The minimum atomic E-state index is -0.622. The van der Waals surface area contributed by atoms with Crippen LogP contribution in [0.15, 0.2) is 78.9 Å². The SMILES string of the molecule is CCN1CCN(c2ccc(NC(=O)COC(=O)c3ccccc3Oc3ccccc3)cc2)CC1. The maximum atomic E-state index is 12.6. The first-order chi connectivity index (χ1) is 16.6. The second-order valence-corrected chi connectivity index (χ2v) is 8.00. The van der Waals surface area contributed by atoms with E-state index in [0.717, 1.165) is 38.4 Å². The van der Waals surface area contributed by atoms with Crippen LogP contribution in [0.25, 0.3) is 0 Å². The van der Waals surface area contributed by atoms with Crippen LogP contribution in [0.3, 0.4) is 0 Å². The molecule has 7 heteroatoms. The number of nitrogens with one attached hydrogen (secondary N) is 1. The molecular weight excluding hydrogens is 430 g/mol. The number of amides is 1. The number of nitrogens with zero attached hydrogens (tertiary/aromatic N) is 2. The van der Waals surface area contributed by atoms with Gasteiger partial charge in [-0.3, -0.25) is 4.79 Å². The number of anilines is 2. The van der Waals surface area contributed by atoms with Gasteiger partial charge >= 0.3 is 5.97 Å². The number of esters is 1. The number of likely N-dealkylation sites (N-methyl/N-ethyl adjacent to an activating group) is 1. The number of para-hydroxylation sites is 2. The molecule has 34 heavy (non-hydrogen) atoms. The van der Waals surface area contributed by atoms with E-state index in [4.69, 9.17) is 9.47 Å². The summed E-state index contributed by atoms with van der Waals surface area (Å²) in [5.41, 5.74) is 2.05. The summed E-state index contributed by atoms with van der Waals surface area (Å²) in [5.74, 6) is -0.0481. The van der Waals surface area contributed by atoms with Gasteiger partial charge in [0.25, 0.3) is 5.91 Å². The molecule has 0 saturated carbocycles. The molecule has 0 unspecified atom stereocenters. The zero-order valence-electron chi connectivity index (χ0n) is 19.3. The summed E-state index contributed by atoms with van der Waals surface area (Å²) in [6.45, 7) is 6.96. The molecule has 3 aromatic rings. The minimum absolute atomic E-state index is 0.256. The third-order valence-corrected chi connectivity index (χ3v) is 5.75. The lowest BCUT2D eigenvalue weighted by atomic mass is 10.2. The Bertz CT molecular complexity index is 1090. The average Bonchev–Trinajstić information content (AvgIpc) is 2.89. The topological polar surface area (TPSA) is 71.1 Å². The van der Waals surface area contributed by atoms with Crippen LogP contribution < -0.4 is 15.0 Å². The molecule has 176 valence electrons. The molecule has 0 bridgehead atoms. The summed E-state index contributed by atoms with van der Waals surface area (Å²) in [5, 5.41) is 2.78. The van der Waals surface area contributed by atoms with Gasteiger partial charge in [-0.2, -0.15) is 0 Å². The summed E-state index contributed by atoms with van der Waals surface area (Å²) in [7, 11) is 0. The van der Waals surface area contributed by atoms with E-state index in [-0.39, 0.29) is 12.2 Å². The average molecular weight is 460 g/mol. The van der Waals surface area contributed by atoms with Crippen molar-refractivity contribution in [3.63, 3.8) is 0 Å². The zero-order chi connectivity index (χ0) is 23.8. The Balaban J connectivity index is 1.28. The standard InChI is InChI=1S/C27H29N3O4/c1-2-29-16-18-30(19-17-29)22-14-12-21(13-15-22)28-26(31)20-33-27(32)24-10-6-7-11-25(24)34-23-8-4-3-5-9-23/h3-15H,2,16-20H2,1H3,(H,28,31). The molecule has 1 amide bonds. The molecule has 1 aliphatic heterocycles. The maximum Gasteiger partial charge on any atom is 0.342 e. The molecule has 1 aliphatic rings. The van der Waals surface area contributed by atoms with Gasteiger partial charge in [-0.25, -0.2) is 4.79 Å². The van der Waals surface area contributed by atoms with Gasteiger partial charge < -0.3 is 24.6 Å². The normalized spacial score (nSPS) is 13.9. The van der Waals surface area contributed by atoms with Crippen molar-refractivity contribution in [2.24, 2.45) is 0 Å². The quantitative estimate of drug-likeness (QED) is 0.503. The van der Waals surface area contributed by atoms with Crippen molar-refractivity contribution in [2.45, 2.75) is 6.92 Å². The van der Waals surface area contributed by atoms with E-state index in [2.05, 4.69) is 22.0 Å². The van der Waals surface area contributed by atoms with Crippen LogP contribution >= 0.6 is 0 Å². The van der Waals surface area contributed by atoms with Crippen LogP contribution in [-0.2, 0) is 9.53 Å². The fourth-order valence-electron chi connectivity index (χ4n) is 3.82. The van der Waals surface area contributed by atoms with E-state index in [9.17, 15) is 9.59 Å². The van der Waals surface area contributed by atoms with Gasteiger partial charge in [0, 0.05) is 37.6 Å². The Kier molecular flexibility index (Phi) is 7.78. The van der Waals surface area contributed by atoms with Crippen LogP contribution in [0, 0.1) is 0 Å². The van der Waals surface area contributed by atoms with Crippen molar-refractivity contribution in [1.29, 1.82) is 0 Å². The summed E-state index contributed by atoms with van der Waals surface area (Å²) >= 11 is 0. The Labute approximate surface area is 199 Å². The van der Waals surface area contributed by atoms with Gasteiger partial charge in [-0.1, -0.05) is 37.3 Å². The fourth-order valence-corrected chi connectivity index (χ4v) is 3.82. The number of piperazine rings is 1. The van der Waals surface area contributed by atoms with Crippen molar-refractivity contribution in [3.8, 4) is 11.5 Å². The number of rotatable bonds is 8.